The quantitative estimate of drug-likeness (QED) is 0.397. The Labute approximate surface area is 74.9 Å². The van der Waals surface area contributed by atoms with Gasteiger partial charge in [-0.15, -0.1) is 0 Å². The molecular weight excluding hydrogens is 171 g/mol. The summed E-state index contributed by atoms with van der Waals surface area (Å²) in [6.07, 6.45) is 0. The highest BCUT2D eigenvalue weighted by Crippen LogP contribution is 1.77. The number of nitrogens with zero attached hydrogens (tertiary/aromatic N) is 2. The first-order chi connectivity index (χ1) is 6.20. The van der Waals surface area contributed by atoms with Gasteiger partial charge in [0.15, 0.2) is 0 Å². The molecule has 0 aromatic heterocycles. The molecule has 0 unspecified atom stereocenters. The van der Waals surface area contributed by atoms with E-state index in [9.17, 15) is 0 Å². The molecule has 0 radical (unpaired) electrons. The SMILES string of the molecule is OB(O)O.c1ccc2c(c1)=NCN=2. The van der Waals surface area contributed by atoms with Crippen LogP contribution < -0.4 is 10.7 Å². The molecule has 0 atom stereocenters. The first-order valence-corrected chi connectivity index (χ1v) is 3.68. The largest absolute Gasteiger partial charge is 0.631 e. The lowest BCUT2D eigenvalue weighted by Crippen LogP contribution is -2.19. The molecular formula is C7H9BN2O3. The molecule has 0 fully saturated rings. The topological polar surface area (TPSA) is 85.4 Å². The summed E-state index contributed by atoms with van der Waals surface area (Å²) in [5.74, 6) is 0. The van der Waals surface area contributed by atoms with Gasteiger partial charge in [0, 0.05) is 0 Å². The molecule has 5 nitrogen and oxygen atoms in total. The van der Waals surface area contributed by atoms with Crippen molar-refractivity contribution in [1.82, 2.24) is 0 Å². The second-order valence-corrected chi connectivity index (χ2v) is 2.29. The molecule has 1 aromatic carbocycles. The van der Waals surface area contributed by atoms with E-state index in [0.717, 1.165) is 10.7 Å². The fraction of sp³-hybridized carbons (Fsp3) is 0.143. The molecule has 0 saturated carbocycles. The molecule has 0 aliphatic carbocycles. The minimum Gasteiger partial charge on any atom is -0.402 e. The van der Waals surface area contributed by atoms with Crippen molar-refractivity contribution in [2.24, 2.45) is 9.98 Å². The minimum atomic E-state index is -2.17. The highest BCUT2D eigenvalue weighted by Gasteiger charge is 1.92. The molecule has 2 rings (SSSR count). The number of fused-ring (bicyclic) bond motifs is 1. The molecule has 0 spiro atoms. The summed E-state index contributed by atoms with van der Waals surface area (Å²) in [7, 11) is -2.17. The van der Waals surface area contributed by atoms with Crippen LogP contribution in [0.25, 0.3) is 0 Å². The van der Waals surface area contributed by atoms with Gasteiger partial charge in [0.1, 0.15) is 6.67 Å². The predicted octanol–water partition coefficient (Wildman–Crippen LogP) is -2.15. The van der Waals surface area contributed by atoms with E-state index in [1.807, 2.05) is 24.3 Å². The van der Waals surface area contributed by atoms with Gasteiger partial charge in [0.2, 0.25) is 0 Å². The number of hydrogen-bond acceptors (Lipinski definition) is 5. The van der Waals surface area contributed by atoms with Crippen LogP contribution >= 0.6 is 0 Å². The molecule has 6 heteroatoms. The zero-order chi connectivity index (χ0) is 9.68. The summed E-state index contributed by atoms with van der Waals surface area (Å²) in [6.45, 7) is 0.610. The van der Waals surface area contributed by atoms with Crippen molar-refractivity contribution in [3.63, 3.8) is 0 Å². The fourth-order valence-corrected chi connectivity index (χ4v) is 0.919. The molecule has 1 heterocycles. The summed E-state index contributed by atoms with van der Waals surface area (Å²) in [4.78, 5) is 8.27. The maximum absolute atomic E-state index is 7.17. The van der Waals surface area contributed by atoms with Crippen LogP contribution in [0.15, 0.2) is 34.3 Å². The van der Waals surface area contributed by atoms with E-state index in [2.05, 4.69) is 9.98 Å². The average Bonchev–Trinajstić information content (AvgIpc) is 2.49. The second-order valence-electron chi connectivity index (χ2n) is 2.29. The second kappa shape index (κ2) is 4.71. The Morgan fingerprint density at radius 1 is 1.00 bits per heavy atom. The normalized spacial score (nSPS) is 11.6. The lowest BCUT2D eigenvalue weighted by molar-refractivity contribution is 0.278. The van der Waals surface area contributed by atoms with Gasteiger partial charge in [0.05, 0.1) is 10.7 Å². The number of hydrogen-bond donors (Lipinski definition) is 3. The molecule has 1 aromatic rings. The molecule has 0 bridgehead atoms. The van der Waals surface area contributed by atoms with Crippen molar-refractivity contribution in [3.8, 4) is 0 Å². The van der Waals surface area contributed by atoms with E-state index in [-0.39, 0.29) is 0 Å². The van der Waals surface area contributed by atoms with Crippen molar-refractivity contribution in [1.29, 1.82) is 0 Å². The van der Waals surface area contributed by atoms with Crippen LogP contribution in [-0.4, -0.2) is 29.1 Å². The Morgan fingerprint density at radius 3 is 1.77 bits per heavy atom. The van der Waals surface area contributed by atoms with Crippen LogP contribution in [0.5, 0.6) is 0 Å². The van der Waals surface area contributed by atoms with Crippen LogP contribution in [0.1, 0.15) is 0 Å². The van der Waals surface area contributed by atoms with Gasteiger partial charge in [-0.1, -0.05) is 12.1 Å². The monoisotopic (exact) mass is 180 g/mol. The number of para-hydroxylation sites is 2. The summed E-state index contributed by atoms with van der Waals surface area (Å²) >= 11 is 0. The molecule has 3 N–H and O–H groups in total. The zero-order valence-electron chi connectivity index (χ0n) is 6.83. The van der Waals surface area contributed by atoms with E-state index in [0.29, 0.717) is 6.67 Å². The van der Waals surface area contributed by atoms with Gasteiger partial charge in [0.25, 0.3) is 0 Å². The van der Waals surface area contributed by atoms with Crippen molar-refractivity contribution in [2.45, 2.75) is 0 Å². The van der Waals surface area contributed by atoms with E-state index in [1.165, 1.54) is 0 Å². The number of rotatable bonds is 0. The molecule has 0 amide bonds. The lowest BCUT2D eigenvalue weighted by Gasteiger charge is -1.76. The van der Waals surface area contributed by atoms with Crippen LogP contribution in [0, 0.1) is 0 Å². The van der Waals surface area contributed by atoms with Crippen molar-refractivity contribution in [3.05, 3.63) is 35.0 Å². The molecule has 1 aliphatic rings. The van der Waals surface area contributed by atoms with Crippen molar-refractivity contribution in [2.75, 3.05) is 6.67 Å². The van der Waals surface area contributed by atoms with Gasteiger partial charge < -0.3 is 15.1 Å². The minimum absolute atomic E-state index is 0.610. The molecule has 13 heavy (non-hydrogen) atoms. The summed E-state index contributed by atoms with van der Waals surface area (Å²) in [5.41, 5.74) is 0. The van der Waals surface area contributed by atoms with Crippen molar-refractivity contribution < 1.29 is 15.1 Å². The average molecular weight is 180 g/mol. The van der Waals surface area contributed by atoms with Gasteiger partial charge in [-0.2, -0.15) is 0 Å². The first-order valence-electron chi connectivity index (χ1n) is 3.68. The van der Waals surface area contributed by atoms with Crippen molar-refractivity contribution >= 4 is 7.32 Å². The van der Waals surface area contributed by atoms with Gasteiger partial charge in [-0.05, 0) is 12.1 Å². The fourth-order valence-electron chi connectivity index (χ4n) is 0.919. The summed E-state index contributed by atoms with van der Waals surface area (Å²) < 4.78 is 0. The van der Waals surface area contributed by atoms with E-state index in [4.69, 9.17) is 15.1 Å². The third-order valence-corrected chi connectivity index (χ3v) is 1.36. The summed E-state index contributed by atoms with van der Waals surface area (Å²) in [6, 6.07) is 7.91. The Hall–Kier alpha value is -1.24. The van der Waals surface area contributed by atoms with E-state index >= 15 is 0 Å². The first kappa shape index (κ1) is 9.85. The Bertz CT molecular complexity index is 344. The highest BCUT2D eigenvalue weighted by atomic mass is 16.5. The lowest BCUT2D eigenvalue weighted by atomic mass is 10.3. The molecule has 68 valence electrons. The van der Waals surface area contributed by atoms with E-state index in [1.54, 1.807) is 0 Å². The highest BCUT2D eigenvalue weighted by molar-refractivity contribution is 6.30. The third-order valence-electron chi connectivity index (χ3n) is 1.36. The Kier molecular flexibility index (Phi) is 3.57. The van der Waals surface area contributed by atoms with Gasteiger partial charge >= 0.3 is 7.32 Å². The van der Waals surface area contributed by atoms with Crippen LogP contribution in [-0.2, 0) is 0 Å². The van der Waals surface area contributed by atoms with Crippen LogP contribution in [0.4, 0.5) is 0 Å². The third kappa shape index (κ3) is 3.33. The van der Waals surface area contributed by atoms with Gasteiger partial charge in [-0.25, -0.2) is 0 Å². The molecule has 1 aliphatic heterocycles. The Morgan fingerprint density at radius 2 is 1.38 bits per heavy atom. The molecule has 0 saturated heterocycles. The van der Waals surface area contributed by atoms with Crippen LogP contribution in [0.3, 0.4) is 0 Å². The standard InChI is InChI=1S/C7H6N2.BH3O3/c1-2-4-7-6(3-1)8-5-9-7;2-1(3)4/h1-4H,5H2;2-4H. The van der Waals surface area contributed by atoms with Gasteiger partial charge in [-0.3, -0.25) is 9.98 Å². The Balaban J connectivity index is 0.000000184. The predicted molar refractivity (Wildman–Crippen MR) is 46.0 cm³/mol. The number of benzene rings is 1. The maximum atomic E-state index is 7.17. The smallest absolute Gasteiger partial charge is 0.402 e. The summed E-state index contributed by atoms with van der Waals surface area (Å²) in [5, 5.41) is 23.6. The van der Waals surface area contributed by atoms with E-state index < -0.39 is 7.32 Å². The van der Waals surface area contributed by atoms with Crippen LogP contribution in [0.2, 0.25) is 0 Å². The zero-order valence-corrected chi connectivity index (χ0v) is 6.83. The maximum Gasteiger partial charge on any atom is 0.631 e.